The van der Waals surface area contributed by atoms with E-state index in [4.69, 9.17) is 33.9 Å². The number of pyridine rings is 2. The van der Waals surface area contributed by atoms with Gasteiger partial charge >= 0.3 is 0 Å². The number of nitrogens with zero attached hydrogens (tertiary/aromatic N) is 4. The van der Waals surface area contributed by atoms with E-state index in [0.717, 1.165) is 11.1 Å². The van der Waals surface area contributed by atoms with Crippen LogP contribution in [0.15, 0.2) is 97.6 Å². The molecule has 2 aromatic heterocycles. The van der Waals surface area contributed by atoms with Crippen LogP contribution in [-0.2, 0) is 9.47 Å². The van der Waals surface area contributed by atoms with E-state index in [1.165, 1.54) is 38.5 Å². The summed E-state index contributed by atoms with van der Waals surface area (Å²) in [6.45, 7) is 0. The fourth-order valence-electron chi connectivity index (χ4n) is 2.81. The number of anilines is 2. The first kappa shape index (κ1) is 32.9. The SMILES string of the molecule is C(=C\c1ccncc1)/c1ccncc1.COC(=S)Nc1ccc([N+](=O)[O-])cc1.COC(=S)Nc1ccc([N+](=O)[O-])cc1. The van der Waals surface area contributed by atoms with E-state index >= 15 is 0 Å². The number of non-ortho nitro benzene ring substituents is 2. The number of hydrogen-bond donors (Lipinski definition) is 2. The predicted octanol–water partition coefficient (Wildman–Crippen LogP) is 6.52. The smallest absolute Gasteiger partial charge is 0.269 e. The molecule has 0 spiro atoms. The topological polar surface area (TPSA) is 155 Å². The Bertz CT molecular complexity index is 1360. The summed E-state index contributed by atoms with van der Waals surface area (Å²) in [6.07, 6.45) is 11.2. The van der Waals surface area contributed by atoms with Crippen molar-refractivity contribution >= 4 is 69.7 Å². The van der Waals surface area contributed by atoms with Crippen molar-refractivity contribution in [3.63, 3.8) is 0 Å². The van der Waals surface area contributed by atoms with Gasteiger partial charge in [-0.1, -0.05) is 12.2 Å². The Kier molecular flexibility index (Phi) is 14.2. The third kappa shape index (κ3) is 12.7. The number of benzene rings is 2. The van der Waals surface area contributed by atoms with E-state index in [1.807, 2.05) is 24.3 Å². The van der Waals surface area contributed by atoms with Crippen molar-refractivity contribution < 1.29 is 19.3 Å². The minimum Gasteiger partial charge on any atom is -0.474 e. The summed E-state index contributed by atoms with van der Waals surface area (Å²) in [7, 11) is 2.89. The van der Waals surface area contributed by atoms with Crippen LogP contribution in [0.2, 0.25) is 0 Å². The molecule has 0 bridgehead atoms. The summed E-state index contributed by atoms with van der Waals surface area (Å²) in [5.74, 6) is 0. The molecule has 42 heavy (non-hydrogen) atoms. The highest BCUT2D eigenvalue weighted by atomic mass is 32.1. The van der Waals surface area contributed by atoms with Crippen molar-refractivity contribution in [2.75, 3.05) is 24.9 Å². The van der Waals surface area contributed by atoms with E-state index in [1.54, 1.807) is 49.1 Å². The first-order chi connectivity index (χ1) is 20.2. The highest BCUT2D eigenvalue weighted by Gasteiger charge is 2.05. The normalized spacial score (nSPS) is 9.67. The maximum absolute atomic E-state index is 10.3. The zero-order chi connectivity index (χ0) is 30.7. The first-order valence-electron chi connectivity index (χ1n) is 11.9. The molecular weight excluding hydrogens is 580 g/mol. The molecule has 0 aliphatic heterocycles. The molecule has 0 unspecified atom stereocenters. The summed E-state index contributed by atoms with van der Waals surface area (Å²) in [5.41, 5.74) is 3.69. The lowest BCUT2D eigenvalue weighted by Crippen LogP contribution is -2.10. The first-order valence-corrected chi connectivity index (χ1v) is 12.7. The molecule has 0 radical (unpaired) electrons. The number of nitro benzene ring substituents is 2. The van der Waals surface area contributed by atoms with Gasteiger partial charge in [0.1, 0.15) is 0 Å². The zero-order valence-corrected chi connectivity index (χ0v) is 24.1. The summed E-state index contributed by atoms with van der Waals surface area (Å²) in [6, 6.07) is 19.7. The van der Waals surface area contributed by atoms with Gasteiger partial charge in [0, 0.05) is 60.4 Å². The van der Waals surface area contributed by atoms with Crippen molar-refractivity contribution in [2.24, 2.45) is 0 Å². The molecule has 0 aliphatic carbocycles. The number of thiocarbonyl (C=S) groups is 2. The number of ether oxygens (including phenoxy) is 2. The van der Waals surface area contributed by atoms with Crippen molar-refractivity contribution in [2.45, 2.75) is 0 Å². The number of aromatic nitrogens is 2. The van der Waals surface area contributed by atoms with Crippen molar-refractivity contribution in [3.05, 3.63) is 129 Å². The Labute approximate surface area is 252 Å². The predicted molar refractivity (Wildman–Crippen MR) is 170 cm³/mol. The van der Waals surface area contributed by atoms with E-state index in [9.17, 15) is 20.2 Å². The molecule has 0 aliphatic rings. The number of nitro groups is 2. The summed E-state index contributed by atoms with van der Waals surface area (Å²) in [4.78, 5) is 27.6. The Balaban J connectivity index is 0.000000220. The molecular formula is C28H26N6O6S2. The molecule has 0 saturated carbocycles. The highest BCUT2D eigenvalue weighted by Crippen LogP contribution is 2.16. The van der Waals surface area contributed by atoms with Gasteiger partial charge in [-0.25, -0.2) is 0 Å². The van der Waals surface area contributed by atoms with Gasteiger partial charge in [-0.15, -0.1) is 0 Å². The standard InChI is InChI=1S/C12H10N2.2C8H8N2O3S/c1(11-3-7-13-8-4-11)2-12-5-9-14-10-6-12;2*1-13-8(14)9-6-2-4-7(5-3-6)10(11)12/h1-10H;2*2-5H,1H3,(H,9,14)/b2-1+;;. The second-order valence-corrected chi connectivity index (χ2v) is 8.48. The lowest BCUT2D eigenvalue weighted by Gasteiger charge is -2.04. The summed E-state index contributed by atoms with van der Waals surface area (Å²) >= 11 is 9.51. The molecule has 0 saturated heterocycles. The quantitative estimate of drug-likeness (QED) is 0.139. The van der Waals surface area contributed by atoms with E-state index in [2.05, 4.69) is 32.8 Å². The van der Waals surface area contributed by atoms with Gasteiger partial charge in [-0.05, 0) is 84.1 Å². The van der Waals surface area contributed by atoms with Crippen LogP contribution in [0, 0.1) is 20.2 Å². The minimum atomic E-state index is -0.460. The molecule has 12 nitrogen and oxygen atoms in total. The Morgan fingerprint density at radius 2 is 0.952 bits per heavy atom. The number of rotatable bonds is 6. The molecule has 4 rings (SSSR count). The van der Waals surface area contributed by atoms with Gasteiger partial charge in [0.2, 0.25) is 0 Å². The number of methoxy groups -OCH3 is 2. The van der Waals surface area contributed by atoms with Gasteiger partial charge in [0.05, 0.1) is 24.1 Å². The van der Waals surface area contributed by atoms with Crippen LogP contribution in [0.5, 0.6) is 0 Å². The molecule has 2 aromatic carbocycles. The van der Waals surface area contributed by atoms with Gasteiger partial charge < -0.3 is 20.1 Å². The lowest BCUT2D eigenvalue weighted by molar-refractivity contribution is -0.385. The maximum Gasteiger partial charge on any atom is 0.269 e. The molecule has 0 amide bonds. The minimum absolute atomic E-state index is 0.0406. The van der Waals surface area contributed by atoms with Crippen LogP contribution < -0.4 is 10.6 Å². The Morgan fingerprint density at radius 3 is 1.21 bits per heavy atom. The molecule has 2 heterocycles. The lowest BCUT2D eigenvalue weighted by atomic mass is 10.2. The average Bonchev–Trinajstić information content (AvgIpc) is 3.02. The van der Waals surface area contributed by atoms with Gasteiger partial charge in [-0.3, -0.25) is 30.2 Å². The van der Waals surface area contributed by atoms with E-state index in [0.29, 0.717) is 11.4 Å². The number of nitrogens with one attached hydrogen (secondary N) is 2. The largest absolute Gasteiger partial charge is 0.474 e. The molecule has 2 N–H and O–H groups in total. The van der Waals surface area contributed by atoms with E-state index < -0.39 is 9.85 Å². The Morgan fingerprint density at radius 1 is 0.643 bits per heavy atom. The van der Waals surface area contributed by atoms with Crippen LogP contribution in [0.25, 0.3) is 12.2 Å². The monoisotopic (exact) mass is 606 g/mol. The van der Waals surface area contributed by atoms with Crippen molar-refractivity contribution in [1.29, 1.82) is 0 Å². The van der Waals surface area contributed by atoms with Crippen LogP contribution >= 0.6 is 24.4 Å². The fraction of sp³-hybridized carbons (Fsp3) is 0.0714. The molecule has 0 fully saturated rings. The average molecular weight is 607 g/mol. The van der Waals surface area contributed by atoms with Crippen LogP contribution in [0.4, 0.5) is 22.7 Å². The summed E-state index contributed by atoms with van der Waals surface area (Å²) < 4.78 is 9.44. The highest BCUT2D eigenvalue weighted by molar-refractivity contribution is 7.80. The second kappa shape index (κ2) is 18.1. The van der Waals surface area contributed by atoms with Crippen LogP contribution in [0.1, 0.15) is 11.1 Å². The molecule has 4 aromatic rings. The van der Waals surface area contributed by atoms with Crippen LogP contribution in [-0.4, -0.2) is 44.4 Å². The van der Waals surface area contributed by atoms with Crippen molar-refractivity contribution in [3.8, 4) is 0 Å². The van der Waals surface area contributed by atoms with Crippen molar-refractivity contribution in [1.82, 2.24) is 9.97 Å². The second-order valence-electron chi connectivity index (χ2n) is 7.74. The molecule has 0 atom stereocenters. The Hall–Kier alpha value is -5.34. The third-order valence-electron chi connectivity index (χ3n) is 4.90. The molecule has 216 valence electrons. The summed E-state index contributed by atoms with van der Waals surface area (Å²) in [5, 5.41) is 26.6. The van der Waals surface area contributed by atoms with E-state index in [-0.39, 0.29) is 21.7 Å². The number of hydrogen-bond acceptors (Lipinski definition) is 10. The maximum atomic E-state index is 10.3. The third-order valence-corrected chi connectivity index (χ3v) is 5.44. The fourth-order valence-corrected chi connectivity index (χ4v) is 3.05. The zero-order valence-electron chi connectivity index (χ0n) is 22.4. The van der Waals surface area contributed by atoms with Crippen LogP contribution in [0.3, 0.4) is 0 Å². The van der Waals surface area contributed by atoms with Gasteiger partial charge in [0.15, 0.2) is 0 Å². The van der Waals surface area contributed by atoms with Gasteiger partial charge in [-0.2, -0.15) is 0 Å². The van der Waals surface area contributed by atoms with Gasteiger partial charge in [0.25, 0.3) is 21.7 Å². The molecule has 14 heteroatoms.